The molecule has 1 saturated heterocycles. The van der Waals surface area contributed by atoms with E-state index in [0.29, 0.717) is 31.5 Å². The van der Waals surface area contributed by atoms with Gasteiger partial charge in [0.1, 0.15) is 0 Å². The van der Waals surface area contributed by atoms with Crippen LogP contribution in [-0.2, 0) is 6.54 Å². The number of nitrogens with one attached hydrogen (secondary N) is 1. The standard InChI is InChI=1S/C11H17F3N4O/c1-2-15-7-9-16-17-10(19-9)18-5-3-8(4-6-18)11(12,13)14/h8,15H,2-7H2,1H3. The first-order chi connectivity index (χ1) is 9.00. The van der Waals surface area contributed by atoms with E-state index >= 15 is 0 Å². The van der Waals surface area contributed by atoms with Crippen molar-refractivity contribution in [3.63, 3.8) is 0 Å². The summed E-state index contributed by atoms with van der Waals surface area (Å²) in [5, 5.41) is 10.8. The SMILES string of the molecule is CCNCc1nnc(N2CCC(C(F)(F)F)CC2)o1. The second kappa shape index (κ2) is 5.77. The molecule has 2 rings (SSSR count). The van der Waals surface area contributed by atoms with Crippen molar-refractivity contribution < 1.29 is 17.6 Å². The van der Waals surface area contributed by atoms with Crippen LogP contribution in [0, 0.1) is 5.92 Å². The lowest BCUT2D eigenvalue weighted by atomic mass is 9.97. The third-order valence-corrected chi connectivity index (χ3v) is 3.21. The molecule has 0 aromatic carbocycles. The number of hydrogen-bond donors (Lipinski definition) is 1. The fourth-order valence-corrected chi connectivity index (χ4v) is 2.07. The van der Waals surface area contributed by atoms with Gasteiger partial charge in [0.05, 0.1) is 12.5 Å². The fourth-order valence-electron chi connectivity index (χ4n) is 2.07. The van der Waals surface area contributed by atoms with Gasteiger partial charge in [-0.25, -0.2) is 0 Å². The highest BCUT2D eigenvalue weighted by Gasteiger charge is 2.41. The predicted octanol–water partition coefficient (Wildman–Crippen LogP) is 1.96. The molecule has 0 amide bonds. The second-order valence-electron chi connectivity index (χ2n) is 4.56. The van der Waals surface area contributed by atoms with Gasteiger partial charge in [-0.05, 0) is 19.4 Å². The summed E-state index contributed by atoms with van der Waals surface area (Å²) in [6.45, 7) is 3.82. The maximum absolute atomic E-state index is 12.5. The van der Waals surface area contributed by atoms with E-state index in [1.54, 1.807) is 4.90 Å². The molecule has 1 aromatic rings. The molecule has 0 spiro atoms. The Bertz CT molecular complexity index is 399. The van der Waals surface area contributed by atoms with Crippen molar-refractivity contribution in [2.75, 3.05) is 24.5 Å². The van der Waals surface area contributed by atoms with E-state index < -0.39 is 12.1 Å². The lowest BCUT2D eigenvalue weighted by Gasteiger charge is -2.31. The molecule has 1 aromatic heterocycles. The number of piperidine rings is 1. The maximum atomic E-state index is 12.5. The first-order valence-corrected chi connectivity index (χ1v) is 6.35. The quantitative estimate of drug-likeness (QED) is 0.912. The van der Waals surface area contributed by atoms with E-state index in [4.69, 9.17) is 4.42 Å². The van der Waals surface area contributed by atoms with Gasteiger partial charge in [0, 0.05) is 13.1 Å². The van der Waals surface area contributed by atoms with Crippen molar-refractivity contribution in [3.05, 3.63) is 5.89 Å². The van der Waals surface area contributed by atoms with E-state index in [-0.39, 0.29) is 12.8 Å². The zero-order valence-corrected chi connectivity index (χ0v) is 10.7. The number of rotatable bonds is 4. The number of halogens is 3. The molecule has 1 N–H and O–H groups in total. The Morgan fingerprint density at radius 2 is 2.00 bits per heavy atom. The van der Waals surface area contributed by atoms with E-state index in [2.05, 4.69) is 15.5 Å². The van der Waals surface area contributed by atoms with Crippen LogP contribution in [0.5, 0.6) is 0 Å². The van der Waals surface area contributed by atoms with Crippen molar-refractivity contribution in [2.24, 2.45) is 5.92 Å². The van der Waals surface area contributed by atoms with E-state index in [9.17, 15) is 13.2 Å². The van der Waals surface area contributed by atoms with Crippen molar-refractivity contribution in [2.45, 2.75) is 32.5 Å². The van der Waals surface area contributed by atoms with Crippen LogP contribution in [0.15, 0.2) is 4.42 Å². The number of aromatic nitrogens is 2. The van der Waals surface area contributed by atoms with Gasteiger partial charge in [0.25, 0.3) is 0 Å². The molecule has 1 aliphatic rings. The van der Waals surface area contributed by atoms with Crippen molar-refractivity contribution in [1.82, 2.24) is 15.5 Å². The van der Waals surface area contributed by atoms with E-state index in [1.165, 1.54) is 0 Å². The lowest BCUT2D eigenvalue weighted by Crippen LogP contribution is -2.39. The average Bonchev–Trinajstić information content (AvgIpc) is 2.84. The second-order valence-corrected chi connectivity index (χ2v) is 4.56. The summed E-state index contributed by atoms with van der Waals surface area (Å²) in [4.78, 5) is 1.71. The summed E-state index contributed by atoms with van der Waals surface area (Å²) in [5.74, 6) is -0.761. The lowest BCUT2D eigenvalue weighted by molar-refractivity contribution is -0.179. The molecule has 0 atom stereocenters. The largest absolute Gasteiger partial charge is 0.407 e. The molecule has 0 unspecified atom stereocenters. The summed E-state index contributed by atoms with van der Waals surface area (Å²) in [7, 11) is 0. The Morgan fingerprint density at radius 3 is 2.58 bits per heavy atom. The van der Waals surface area contributed by atoms with Crippen LogP contribution >= 0.6 is 0 Å². The van der Waals surface area contributed by atoms with Crippen molar-refractivity contribution >= 4 is 6.01 Å². The molecule has 108 valence electrons. The van der Waals surface area contributed by atoms with Gasteiger partial charge >= 0.3 is 12.2 Å². The van der Waals surface area contributed by atoms with E-state index in [1.807, 2.05) is 6.92 Å². The molecule has 0 saturated carbocycles. The minimum atomic E-state index is -4.10. The predicted molar refractivity (Wildman–Crippen MR) is 62.7 cm³/mol. The first kappa shape index (κ1) is 14.1. The molecule has 19 heavy (non-hydrogen) atoms. The van der Waals surface area contributed by atoms with Gasteiger partial charge < -0.3 is 14.6 Å². The topological polar surface area (TPSA) is 54.2 Å². The number of alkyl halides is 3. The minimum Gasteiger partial charge on any atom is -0.407 e. The summed E-state index contributed by atoms with van der Waals surface area (Å²) < 4.78 is 43.0. The highest BCUT2D eigenvalue weighted by atomic mass is 19.4. The molecule has 0 aliphatic carbocycles. The molecule has 2 heterocycles. The summed E-state index contributed by atoms with van der Waals surface area (Å²) in [6.07, 6.45) is -3.94. The van der Waals surface area contributed by atoms with Gasteiger partial charge in [-0.3, -0.25) is 0 Å². The Kier molecular flexibility index (Phi) is 4.28. The smallest absolute Gasteiger partial charge is 0.391 e. The molecular formula is C11H17F3N4O. The third kappa shape index (κ3) is 3.59. The number of nitrogens with zero attached hydrogens (tertiary/aromatic N) is 3. The summed E-state index contributed by atoms with van der Waals surface area (Å²) in [5.41, 5.74) is 0. The number of anilines is 1. The first-order valence-electron chi connectivity index (χ1n) is 6.35. The summed E-state index contributed by atoms with van der Waals surface area (Å²) >= 11 is 0. The molecule has 8 heteroatoms. The normalized spacial score (nSPS) is 18.0. The molecule has 5 nitrogen and oxygen atoms in total. The Balaban J connectivity index is 1.89. The minimum absolute atomic E-state index is 0.0778. The third-order valence-electron chi connectivity index (χ3n) is 3.21. The van der Waals surface area contributed by atoms with Gasteiger partial charge in [-0.2, -0.15) is 13.2 Å². The van der Waals surface area contributed by atoms with Crippen molar-refractivity contribution in [1.29, 1.82) is 0 Å². The summed E-state index contributed by atoms with van der Waals surface area (Å²) in [6, 6.07) is 0.313. The Labute approximate surface area is 109 Å². The highest BCUT2D eigenvalue weighted by molar-refractivity contribution is 5.24. The fraction of sp³-hybridized carbons (Fsp3) is 0.818. The molecule has 1 fully saturated rings. The van der Waals surface area contributed by atoms with Gasteiger partial charge in [-0.15, -0.1) is 5.10 Å². The van der Waals surface area contributed by atoms with Crippen LogP contribution in [0.2, 0.25) is 0 Å². The van der Waals surface area contributed by atoms with Crippen LogP contribution < -0.4 is 10.2 Å². The number of hydrogen-bond acceptors (Lipinski definition) is 5. The average molecular weight is 278 g/mol. The van der Waals surface area contributed by atoms with Gasteiger partial charge in [0.15, 0.2) is 0 Å². The monoisotopic (exact) mass is 278 g/mol. The molecule has 1 aliphatic heterocycles. The van der Waals surface area contributed by atoms with Crippen LogP contribution in [-0.4, -0.2) is 36.0 Å². The van der Waals surface area contributed by atoms with Gasteiger partial charge in [0.2, 0.25) is 5.89 Å². The molecule has 0 bridgehead atoms. The van der Waals surface area contributed by atoms with Crippen LogP contribution in [0.25, 0.3) is 0 Å². The molecule has 0 radical (unpaired) electrons. The Hall–Kier alpha value is -1.31. The van der Waals surface area contributed by atoms with Crippen molar-refractivity contribution in [3.8, 4) is 0 Å². The van der Waals surface area contributed by atoms with Crippen LogP contribution in [0.1, 0.15) is 25.7 Å². The van der Waals surface area contributed by atoms with Gasteiger partial charge in [-0.1, -0.05) is 12.0 Å². The maximum Gasteiger partial charge on any atom is 0.391 e. The zero-order valence-electron chi connectivity index (χ0n) is 10.7. The zero-order chi connectivity index (χ0) is 13.9. The van der Waals surface area contributed by atoms with Crippen LogP contribution in [0.3, 0.4) is 0 Å². The van der Waals surface area contributed by atoms with Crippen LogP contribution in [0.4, 0.5) is 19.2 Å². The molecular weight excluding hydrogens is 261 g/mol. The highest BCUT2D eigenvalue weighted by Crippen LogP contribution is 2.35. The van der Waals surface area contributed by atoms with E-state index in [0.717, 1.165) is 6.54 Å². The Morgan fingerprint density at radius 1 is 1.32 bits per heavy atom.